The van der Waals surface area contributed by atoms with Crippen molar-refractivity contribution in [3.8, 4) is 32.0 Å². The number of hydrogen-bond donors (Lipinski definition) is 0. The maximum absolute atomic E-state index is 13.2. The number of thiophene rings is 2. The maximum atomic E-state index is 13.2. The van der Waals surface area contributed by atoms with Crippen molar-refractivity contribution in [1.29, 1.82) is 0 Å². The average molecular weight is 839 g/mol. The fourth-order valence-corrected chi connectivity index (χ4v) is 11.7. The monoisotopic (exact) mass is 838 g/mol. The third-order valence-corrected chi connectivity index (χ3v) is 15.1. The topological polar surface area (TPSA) is 68.3 Å². The third-order valence-electron chi connectivity index (χ3n) is 13.0. The van der Waals surface area contributed by atoms with Crippen molar-refractivity contribution in [2.24, 2.45) is 0 Å². The Hall–Kier alpha value is -5.56. The summed E-state index contributed by atoms with van der Waals surface area (Å²) in [7, 11) is 0. The number of fused-ring (bicyclic) bond motifs is 5. The molecule has 2 aromatic heterocycles. The first-order valence-electron chi connectivity index (χ1n) is 22.1. The van der Waals surface area contributed by atoms with Gasteiger partial charge < -0.3 is 0 Å². The van der Waals surface area contributed by atoms with Gasteiger partial charge >= 0.3 is 0 Å². The second-order valence-corrected chi connectivity index (χ2v) is 19.1. The molecule has 0 spiro atoms. The number of Topliss-reactive ketones (excluding diaryl/α,β-unsaturated/α-hetero) is 4. The summed E-state index contributed by atoms with van der Waals surface area (Å²) in [6, 6.07) is 36.5. The minimum atomic E-state index is -0.200. The predicted molar refractivity (Wildman–Crippen MR) is 252 cm³/mol. The Labute approximate surface area is 367 Å². The van der Waals surface area contributed by atoms with Crippen LogP contribution in [0.4, 0.5) is 0 Å². The molecule has 306 valence electrons. The lowest BCUT2D eigenvalue weighted by Crippen LogP contribution is -2.25. The van der Waals surface area contributed by atoms with Crippen LogP contribution < -0.4 is 0 Å². The molecule has 0 saturated heterocycles. The van der Waals surface area contributed by atoms with E-state index < -0.39 is 0 Å². The van der Waals surface area contributed by atoms with Gasteiger partial charge in [-0.25, -0.2) is 0 Å². The van der Waals surface area contributed by atoms with Crippen molar-refractivity contribution in [2.45, 2.75) is 96.3 Å². The highest BCUT2D eigenvalue weighted by atomic mass is 32.1. The molecule has 0 N–H and O–H groups in total. The van der Waals surface area contributed by atoms with E-state index in [1.807, 2.05) is 12.1 Å². The Morgan fingerprint density at radius 3 is 1.18 bits per heavy atom. The molecule has 0 fully saturated rings. The van der Waals surface area contributed by atoms with Crippen LogP contribution >= 0.6 is 22.7 Å². The molecule has 2 heterocycles. The summed E-state index contributed by atoms with van der Waals surface area (Å²) in [4.78, 5) is 56.9. The second kappa shape index (κ2) is 17.4. The van der Waals surface area contributed by atoms with Crippen LogP contribution in [0.3, 0.4) is 0 Å². The number of hydrogen-bond acceptors (Lipinski definition) is 6. The zero-order valence-corrected chi connectivity index (χ0v) is 36.6. The minimum absolute atomic E-state index is 0.151. The van der Waals surface area contributed by atoms with Gasteiger partial charge in [-0.15, -0.1) is 22.7 Å². The minimum Gasteiger partial charge on any atom is -0.288 e. The van der Waals surface area contributed by atoms with E-state index >= 15 is 0 Å². The number of benzene rings is 4. The normalized spacial score (nSPS) is 14.7. The molecule has 4 aromatic carbocycles. The maximum Gasteiger partial charge on any atom is 0.197 e. The smallest absolute Gasteiger partial charge is 0.197 e. The molecule has 9 rings (SSSR count). The molecule has 0 saturated carbocycles. The average Bonchev–Trinajstić information content (AvgIpc) is 4.10. The van der Waals surface area contributed by atoms with Crippen molar-refractivity contribution >= 4 is 58.0 Å². The van der Waals surface area contributed by atoms with Gasteiger partial charge in [-0.3, -0.25) is 19.2 Å². The Balaban J connectivity index is 1.08. The zero-order chi connectivity index (χ0) is 42.1. The summed E-state index contributed by atoms with van der Waals surface area (Å²) in [5.74, 6) is -0.801. The molecule has 0 amide bonds. The lowest BCUT2D eigenvalue weighted by atomic mass is 9.70. The van der Waals surface area contributed by atoms with E-state index in [2.05, 4.69) is 62.4 Å². The highest BCUT2D eigenvalue weighted by Crippen LogP contribution is 2.56. The van der Waals surface area contributed by atoms with Gasteiger partial charge in [0.15, 0.2) is 23.1 Å². The van der Waals surface area contributed by atoms with E-state index in [4.69, 9.17) is 0 Å². The number of ketones is 4. The number of allylic oxidation sites excluding steroid dienone is 2. The number of carbonyl (C=O) groups excluding carboxylic acids is 4. The lowest BCUT2D eigenvalue weighted by molar-refractivity contribution is 0.0975. The standard InChI is InChI=1S/C55H50O4S2/c1-3-5-7-9-15-29-55(30-16-10-8-6-4-2)47-31-35(49-27-23-37(60-49)33-45-51(56)41-17-11-12-18-42(41)52(45)57)21-25-39(47)40-26-22-36(32-48(40)55)50-28-24-38(61-50)34-46-53(58)43-19-13-14-20-44(43)54(46)59/h11-14,17-28,31-34H,3-10,15-16,29-30H2,1-2H3. The highest BCUT2D eigenvalue weighted by Gasteiger charge is 2.43. The molecule has 3 aliphatic rings. The van der Waals surface area contributed by atoms with Gasteiger partial charge in [0.05, 0.1) is 11.1 Å². The van der Waals surface area contributed by atoms with Crippen LogP contribution in [0.5, 0.6) is 0 Å². The van der Waals surface area contributed by atoms with Crippen LogP contribution in [0.15, 0.2) is 120 Å². The fraction of sp³-hybridized carbons (Fsp3) is 0.273. The van der Waals surface area contributed by atoms with Gasteiger partial charge in [0.2, 0.25) is 0 Å². The third kappa shape index (κ3) is 7.59. The second-order valence-electron chi connectivity index (χ2n) is 16.9. The molecule has 4 nitrogen and oxygen atoms in total. The summed E-state index contributed by atoms with van der Waals surface area (Å²) < 4.78 is 0. The number of unbranched alkanes of at least 4 members (excludes halogenated alkanes) is 8. The molecular weight excluding hydrogens is 789 g/mol. The molecule has 0 unspecified atom stereocenters. The van der Waals surface area contributed by atoms with Crippen molar-refractivity contribution in [2.75, 3.05) is 0 Å². The van der Waals surface area contributed by atoms with Gasteiger partial charge in [0.25, 0.3) is 0 Å². The molecule has 0 bridgehead atoms. The largest absolute Gasteiger partial charge is 0.288 e. The van der Waals surface area contributed by atoms with Crippen LogP contribution in [0.25, 0.3) is 44.2 Å². The van der Waals surface area contributed by atoms with Crippen LogP contribution in [-0.4, -0.2) is 23.1 Å². The van der Waals surface area contributed by atoms with E-state index in [1.54, 1.807) is 83.4 Å². The van der Waals surface area contributed by atoms with E-state index in [9.17, 15) is 19.2 Å². The Morgan fingerprint density at radius 1 is 0.426 bits per heavy atom. The lowest BCUT2D eigenvalue weighted by Gasteiger charge is -2.33. The Bertz CT molecular complexity index is 2510. The molecule has 0 radical (unpaired) electrons. The first-order valence-corrected chi connectivity index (χ1v) is 23.7. The van der Waals surface area contributed by atoms with Crippen molar-refractivity contribution in [1.82, 2.24) is 0 Å². The molecule has 0 aliphatic heterocycles. The van der Waals surface area contributed by atoms with Crippen LogP contribution in [0.2, 0.25) is 0 Å². The summed E-state index contributed by atoms with van der Waals surface area (Å²) in [6.07, 6.45) is 17.9. The van der Waals surface area contributed by atoms with E-state index in [1.165, 1.54) is 73.6 Å². The van der Waals surface area contributed by atoms with Gasteiger partial charge in [-0.1, -0.05) is 151 Å². The Kier molecular flexibility index (Phi) is 11.7. The quantitative estimate of drug-likeness (QED) is 0.0553. The van der Waals surface area contributed by atoms with E-state index in [0.717, 1.165) is 56.3 Å². The molecule has 6 heteroatoms. The predicted octanol–water partition coefficient (Wildman–Crippen LogP) is 15.1. The first kappa shape index (κ1) is 40.8. The van der Waals surface area contributed by atoms with Crippen molar-refractivity contribution in [3.63, 3.8) is 0 Å². The SMILES string of the molecule is CCCCCCCC1(CCCCCCC)c2cc(-c3ccc(C=C4C(=O)c5ccccc5C4=O)s3)ccc2-c2ccc(-c3ccc(C=C4C(=O)c5ccccc5C4=O)s3)cc21. The fourth-order valence-electron chi connectivity index (χ4n) is 9.79. The number of carbonyl (C=O) groups is 4. The van der Waals surface area contributed by atoms with Gasteiger partial charge in [-0.05, 0) is 94.8 Å². The summed E-state index contributed by atoms with van der Waals surface area (Å²) >= 11 is 3.25. The molecule has 3 aliphatic carbocycles. The van der Waals surface area contributed by atoms with Crippen LogP contribution in [-0.2, 0) is 5.41 Å². The molecule has 0 atom stereocenters. The van der Waals surface area contributed by atoms with Crippen LogP contribution in [0.1, 0.15) is 153 Å². The van der Waals surface area contributed by atoms with Crippen molar-refractivity contribution in [3.05, 3.63) is 163 Å². The number of rotatable bonds is 16. The van der Waals surface area contributed by atoms with Gasteiger partial charge in [0.1, 0.15) is 0 Å². The summed E-state index contributed by atoms with van der Waals surface area (Å²) in [5.41, 5.74) is 9.99. The van der Waals surface area contributed by atoms with Gasteiger partial charge in [0, 0.05) is 47.2 Å². The Morgan fingerprint density at radius 2 is 0.803 bits per heavy atom. The molecule has 61 heavy (non-hydrogen) atoms. The first-order chi connectivity index (χ1) is 29.8. The summed E-state index contributed by atoms with van der Waals surface area (Å²) in [5, 5.41) is 0. The molecule has 6 aromatic rings. The van der Waals surface area contributed by atoms with E-state index in [-0.39, 0.29) is 39.7 Å². The zero-order valence-electron chi connectivity index (χ0n) is 35.0. The van der Waals surface area contributed by atoms with Crippen molar-refractivity contribution < 1.29 is 19.2 Å². The summed E-state index contributed by atoms with van der Waals surface area (Å²) in [6.45, 7) is 4.54. The highest BCUT2D eigenvalue weighted by molar-refractivity contribution is 7.16. The molecular formula is C55H50O4S2. The van der Waals surface area contributed by atoms with Crippen LogP contribution in [0, 0.1) is 0 Å². The van der Waals surface area contributed by atoms with Gasteiger partial charge in [-0.2, -0.15) is 0 Å². The van der Waals surface area contributed by atoms with E-state index in [0.29, 0.717) is 22.3 Å².